The van der Waals surface area contributed by atoms with Gasteiger partial charge in [0, 0.05) is 23.8 Å². The molecule has 76 valence electrons. The molecule has 0 aliphatic heterocycles. The maximum Gasteiger partial charge on any atom is 0.269 e. The van der Waals surface area contributed by atoms with Crippen molar-refractivity contribution < 1.29 is 0 Å². The van der Waals surface area contributed by atoms with Gasteiger partial charge >= 0.3 is 0 Å². The second kappa shape index (κ2) is 4.28. The van der Waals surface area contributed by atoms with E-state index in [0.717, 1.165) is 5.56 Å². The second-order valence-corrected chi connectivity index (χ2v) is 3.60. The van der Waals surface area contributed by atoms with Gasteiger partial charge in [0.05, 0.1) is 0 Å². The van der Waals surface area contributed by atoms with Gasteiger partial charge in [0.1, 0.15) is 5.69 Å². The summed E-state index contributed by atoms with van der Waals surface area (Å²) in [5.74, 6) is 0. The van der Waals surface area contributed by atoms with E-state index in [2.05, 4.69) is 9.97 Å². The highest BCUT2D eigenvalue weighted by atomic mass is 35.5. The number of halogens is 1. The number of aromatic nitrogens is 2. The number of benzene rings is 1. The average molecular weight is 221 g/mol. The highest BCUT2D eigenvalue weighted by Gasteiger charge is 2.01. The average Bonchev–Trinajstić information content (AvgIpc) is 2.25. The first-order valence-corrected chi connectivity index (χ1v) is 4.90. The number of nitrogens with zero attached hydrogens (tertiary/aromatic N) is 1. The molecule has 0 radical (unpaired) electrons. The number of rotatable bonds is 2. The van der Waals surface area contributed by atoms with Gasteiger partial charge in [-0.3, -0.25) is 9.78 Å². The summed E-state index contributed by atoms with van der Waals surface area (Å²) < 4.78 is 0. The van der Waals surface area contributed by atoms with Crippen molar-refractivity contribution in [2.45, 2.75) is 6.42 Å². The molecule has 1 aromatic carbocycles. The van der Waals surface area contributed by atoms with E-state index < -0.39 is 0 Å². The molecule has 2 rings (SSSR count). The second-order valence-electron chi connectivity index (χ2n) is 3.17. The number of aromatic amines is 1. The Hall–Kier alpha value is -1.61. The molecule has 0 spiro atoms. The molecule has 0 aliphatic rings. The molecule has 0 atom stereocenters. The standard InChI is InChI=1S/C11H9ClN2O/c12-9-3-1-8(2-4-9)7-10-11(15)14-6-5-13-10/h1-6H,7H2,(H,14,15). The maximum atomic E-state index is 11.3. The molecular formula is C11H9ClN2O. The zero-order chi connectivity index (χ0) is 10.7. The van der Waals surface area contributed by atoms with Crippen molar-refractivity contribution in [3.05, 3.63) is 63.3 Å². The Morgan fingerprint density at radius 3 is 2.67 bits per heavy atom. The first kappa shape index (κ1) is 9.93. The van der Waals surface area contributed by atoms with Crippen molar-refractivity contribution in [1.29, 1.82) is 0 Å². The van der Waals surface area contributed by atoms with Crippen molar-refractivity contribution >= 4 is 11.6 Å². The first-order chi connectivity index (χ1) is 7.25. The Labute approximate surface area is 91.8 Å². The van der Waals surface area contributed by atoms with Gasteiger partial charge in [-0.25, -0.2) is 0 Å². The summed E-state index contributed by atoms with van der Waals surface area (Å²) in [6.45, 7) is 0. The van der Waals surface area contributed by atoms with Crippen LogP contribution in [0.4, 0.5) is 0 Å². The van der Waals surface area contributed by atoms with Crippen molar-refractivity contribution in [3.63, 3.8) is 0 Å². The van der Waals surface area contributed by atoms with Crippen LogP contribution in [0.2, 0.25) is 5.02 Å². The van der Waals surface area contributed by atoms with E-state index >= 15 is 0 Å². The lowest BCUT2D eigenvalue weighted by molar-refractivity contribution is 0.990. The Balaban J connectivity index is 2.26. The SMILES string of the molecule is O=c1[nH]ccnc1Cc1ccc(Cl)cc1. The van der Waals surface area contributed by atoms with E-state index in [4.69, 9.17) is 11.6 Å². The van der Waals surface area contributed by atoms with E-state index in [1.165, 1.54) is 6.20 Å². The lowest BCUT2D eigenvalue weighted by Gasteiger charge is -1.99. The van der Waals surface area contributed by atoms with Crippen molar-refractivity contribution in [2.24, 2.45) is 0 Å². The van der Waals surface area contributed by atoms with Crippen molar-refractivity contribution in [2.75, 3.05) is 0 Å². The molecular weight excluding hydrogens is 212 g/mol. The monoisotopic (exact) mass is 220 g/mol. The van der Waals surface area contributed by atoms with E-state index in [1.807, 2.05) is 12.1 Å². The third kappa shape index (κ3) is 2.44. The van der Waals surface area contributed by atoms with Crippen LogP contribution in [0.3, 0.4) is 0 Å². The minimum Gasteiger partial charge on any atom is -0.326 e. The predicted octanol–water partition coefficient (Wildman–Crippen LogP) is 2.01. The predicted molar refractivity (Wildman–Crippen MR) is 59.1 cm³/mol. The highest BCUT2D eigenvalue weighted by Crippen LogP contribution is 2.10. The molecule has 0 saturated heterocycles. The third-order valence-corrected chi connectivity index (χ3v) is 2.32. The maximum absolute atomic E-state index is 11.3. The fraction of sp³-hybridized carbons (Fsp3) is 0.0909. The summed E-state index contributed by atoms with van der Waals surface area (Å²) in [5.41, 5.74) is 1.39. The Bertz CT molecular complexity index is 504. The molecule has 15 heavy (non-hydrogen) atoms. The van der Waals surface area contributed by atoms with Crippen molar-refractivity contribution in [3.8, 4) is 0 Å². The number of hydrogen-bond acceptors (Lipinski definition) is 2. The van der Waals surface area contributed by atoms with Crippen LogP contribution < -0.4 is 5.56 Å². The smallest absolute Gasteiger partial charge is 0.269 e. The van der Waals surface area contributed by atoms with E-state index in [0.29, 0.717) is 17.1 Å². The summed E-state index contributed by atoms with van der Waals surface area (Å²) in [6, 6.07) is 7.37. The van der Waals surface area contributed by atoms with Crippen LogP contribution in [0.25, 0.3) is 0 Å². The summed E-state index contributed by atoms with van der Waals surface area (Å²) in [6.07, 6.45) is 3.62. The molecule has 0 saturated carbocycles. The first-order valence-electron chi connectivity index (χ1n) is 4.53. The molecule has 0 amide bonds. The normalized spacial score (nSPS) is 10.2. The largest absolute Gasteiger partial charge is 0.326 e. The fourth-order valence-corrected chi connectivity index (χ4v) is 1.43. The number of hydrogen-bond donors (Lipinski definition) is 1. The molecule has 1 heterocycles. The Morgan fingerprint density at radius 2 is 2.00 bits per heavy atom. The van der Waals surface area contributed by atoms with Gasteiger partial charge in [0.25, 0.3) is 5.56 Å². The van der Waals surface area contributed by atoms with Crippen molar-refractivity contribution in [1.82, 2.24) is 9.97 Å². The lowest BCUT2D eigenvalue weighted by atomic mass is 10.1. The van der Waals surface area contributed by atoms with E-state index in [9.17, 15) is 4.79 Å². The van der Waals surface area contributed by atoms with Gasteiger partial charge in [-0.1, -0.05) is 23.7 Å². The number of nitrogens with one attached hydrogen (secondary N) is 1. The van der Waals surface area contributed by atoms with Crippen LogP contribution in [-0.2, 0) is 6.42 Å². The minimum atomic E-state index is -0.146. The Kier molecular flexibility index (Phi) is 2.83. The third-order valence-electron chi connectivity index (χ3n) is 2.07. The van der Waals surface area contributed by atoms with Crippen LogP contribution >= 0.6 is 11.6 Å². The van der Waals surface area contributed by atoms with Gasteiger partial charge in [-0.2, -0.15) is 0 Å². The lowest BCUT2D eigenvalue weighted by Crippen LogP contribution is -2.13. The molecule has 3 nitrogen and oxygen atoms in total. The minimum absolute atomic E-state index is 0.146. The topological polar surface area (TPSA) is 45.8 Å². The van der Waals surface area contributed by atoms with Gasteiger partial charge in [0.2, 0.25) is 0 Å². The molecule has 0 bridgehead atoms. The van der Waals surface area contributed by atoms with Gasteiger partial charge < -0.3 is 4.98 Å². The molecule has 2 aromatic rings. The summed E-state index contributed by atoms with van der Waals surface area (Å²) in [4.78, 5) is 18.0. The van der Waals surface area contributed by atoms with Crippen LogP contribution in [0.15, 0.2) is 41.5 Å². The number of H-pyrrole nitrogens is 1. The zero-order valence-corrected chi connectivity index (χ0v) is 8.66. The van der Waals surface area contributed by atoms with Crippen LogP contribution in [0.1, 0.15) is 11.3 Å². The van der Waals surface area contributed by atoms with Gasteiger partial charge in [-0.15, -0.1) is 0 Å². The Morgan fingerprint density at radius 1 is 1.27 bits per heavy atom. The molecule has 0 fully saturated rings. The van der Waals surface area contributed by atoms with E-state index in [1.54, 1.807) is 18.3 Å². The van der Waals surface area contributed by atoms with E-state index in [-0.39, 0.29) is 5.56 Å². The molecule has 4 heteroatoms. The summed E-state index contributed by atoms with van der Waals surface area (Å²) >= 11 is 5.76. The van der Waals surface area contributed by atoms with Crippen LogP contribution in [0, 0.1) is 0 Å². The highest BCUT2D eigenvalue weighted by molar-refractivity contribution is 6.30. The molecule has 0 aliphatic carbocycles. The van der Waals surface area contributed by atoms with Crippen LogP contribution in [-0.4, -0.2) is 9.97 Å². The van der Waals surface area contributed by atoms with Crippen LogP contribution in [0.5, 0.6) is 0 Å². The fourth-order valence-electron chi connectivity index (χ4n) is 1.30. The molecule has 1 aromatic heterocycles. The zero-order valence-electron chi connectivity index (χ0n) is 7.90. The molecule has 1 N–H and O–H groups in total. The molecule has 0 unspecified atom stereocenters. The van der Waals surface area contributed by atoms with Gasteiger partial charge in [0.15, 0.2) is 0 Å². The summed E-state index contributed by atoms with van der Waals surface area (Å²) in [5, 5.41) is 0.689. The van der Waals surface area contributed by atoms with Gasteiger partial charge in [-0.05, 0) is 17.7 Å². The quantitative estimate of drug-likeness (QED) is 0.842. The summed E-state index contributed by atoms with van der Waals surface area (Å²) in [7, 11) is 0.